The van der Waals surface area contributed by atoms with Gasteiger partial charge >= 0.3 is 0 Å². The second-order valence-corrected chi connectivity index (χ2v) is 8.22. The number of benzene rings is 1. The lowest BCUT2D eigenvalue weighted by Gasteiger charge is -2.17. The number of rotatable bonds is 7. The Morgan fingerprint density at radius 2 is 1.80 bits per heavy atom. The molecule has 0 bridgehead atoms. The van der Waals surface area contributed by atoms with Crippen molar-refractivity contribution < 1.29 is 18.7 Å². The van der Waals surface area contributed by atoms with Gasteiger partial charge in [0.05, 0.1) is 37.7 Å². The van der Waals surface area contributed by atoms with Crippen molar-refractivity contribution in [2.45, 2.75) is 19.9 Å². The lowest BCUT2D eigenvalue weighted by atomic mass is 10.00. The molecule has 3 heterocycles. The quantitative estimate of drug-likeness (QED) is 0.423. The summed E-state index contributed by atoms with van der Waals surface area (Å²) >= 11 is 0. The number of hydrogen-bond donors (Lipinski definition) is 1. The highest BCUT2D eigenvalue weighted by Gasteiger charge is 2.20. The van der Waals surface area contributed by atoms with Crippen LogP contribution in [-0.2, 0) is 7.05 Å². The summed E-state index contributed by atoms with van der Waals surface area (Å²) in [7, 11) is 4.83. The number of halogens is 1. The van der Waals surface area contributed by atoms with Gasteiger partial charge < -0.3 is 14.8 Å². The van der Waals surface area contributed by atoms with Gasteiger partial charge in [-0.2, -0.15) is 5.10 Å². The van der Waals surface area contributed by atoms with E-state index < -0.39 is 6.04 Å². The normalized spacial score (nSPS) is 11.7. The Kier molecular flexibility index (Phi) is 6.77. The van der Waals surface area contributed by atoms with Gasteiger partial charge in [0.1, 0.15) is 5.82 Å². The van der Waals surface area contributed by atoms with Gasteiger partial charge in [0, 0.05) is 36.8 Å². The Balaban J connectivity index is 1.72. The number of carbonyl (C=O) groups excluding carboxylic acids is 1. The standard InChI is InChI=1S/C26H26FN5O3/c1-15-6-17(8-21(27)7-15)19-9-22(24(28-12-19)20-13-30-32(3)14-20)25(33)31-16(2)18-10-23(34-4)26(35-5)29-11-18/h6-14,16H,1-5H3,(H,31,33). The molecule has 0 aliphatic rings. The van der Waals surface area contributed by atoms with Gasteiger partial charge in [-0.1, -0.05) is 6.07 Å². The fraction of sp³-hybridized carbons (Fsp3) is 0.231. The number of nitrogens with one attached hydrogen (secondary N) is 1. The van der Waals surface area contributed by atoms with E-state index in [1.807, 2.05) is 19.9 Å². The smallest absolute Gasteiger partial charge is 0.256 e. The van der Waals surface area contributed by atoms with E-state index in [-0.39, 0.29) is 11.7 Å². The molecule has 4 aromatic rings. The third kappa shape index (κ3) is 5.13. The first-order valence-corrected chi connectivity index (χ1v) is 10.9. The van der Waals surface area contributed by atoms with E-state index >= 15 is 0 Å². The van der Waals surface area contributed by atoms with E-state index in [1.165, 1.54) is 26.4 Å². The zero-order valence-corrected chi connectivity index (χ0v) is 20.2. The van der Waals surface area contributed by atoms with E-state index in [0.29, 0.717) is 39.6 Å². The van der Waals surface area contributed by atoms with E-state index in [0.717, 1.165) is 11.1 Å². The fourth-order valence-corrected chi connectivity index (χ4v) is 3.81. The van der Waals surface area contributed by atoms with Crippen LogP contribution in [-0.4, -0.2) is 39.9 Å². The summed E-state index contributed by atoms with van der Waals surface area (Å²) in [6.45, 7) is 3.66. The summed E-state index contributed by atoms with van der Waals surface area (Å²) in [6.07, 6.45) is 6.69. The van der Waals surface area contributed by atoms with Crippen LogP contribution >= 0.6 is 0 Å². The van der Waals surface area contributed by atoms with Gasteiger partial charge in [0.2, 0.25) is 0 Å². The minimum atomic E-state index is -0.392. The van der Waals surface area contributed by atoms with Crippen LogP contribution in [0.2, 0.25) is 0 Å². The molecule has 1 amide bonds. The molecular formula is C26H26FN5O3. The van der Waals surface area contributed by atoms with Gasteiger partial charge in [-0.25, -0.2) is 9.37 Å². The monoisotopic (exact) mass is 475 g/mol. The second kappa shape index (κ2) is 9.92. The molecule has 0 saturated carbocycles. The van der Waals surface area contributed by atoms with Crippen molar-refractivity contribution in [1.82, 2.24) is 25.1 Å². The van der Waals surface area contributed by atoms with Crippen molar-refractivity contribution in [3.63, 3.8) is 0 Å². The largest absolute Gasteiger partial charge is 0.491 e. The predicted molar refractivity (Wildman–Crippen MR) is 130 cm³/mol. The Hall–Kier alpha value is -4.27. The Morgan fingerprint density at radius 3 is 2.46 bits per heavy atom. The van der Waals surface area contributed by atoms with E-state index in [4.69, 9.17) is 9.47 Å². The van der Waals surface area contributed by atoms with Crippen molar-refractivity contribution in [3.05, 3.63) is 77.6 Å². The van der Waals surface area contributed by atoms with E-state index in [2.05, 4.69) is 20.4 Å². The van der Waals surface area contributed by atoms with Crippen LogP contribution in [0.4, 0.5) is 4.39 Å². The Morgan fingerprint density at radius 1 is 1.00 bits per heavy atom. The fourth-order valence-electron chi connectivity index (χ4n) is 3.81. The summed E-state index contributed by atoms with van der Waals surface area (Å²) in [5, 5.41) is 7.21. The molecule has 1 aromatic carbocycles. The van der Waals surface area contributed by atoms with Crippen molar-refractivity contribution in [1.29, 1.82) is 0 Å². The molecule has 8 nitrogen and oxygen atoms in total. The molecule has 1 unspecified atom stereocenters. The maximum atomic E-state index is 14.1. The molecule has 1 atom stereocenters. The van der Waals surface area contributed by atoms with Crippen LogP contribution in [0, 0.1) is 12.7 Å². The minimum absolute atomic E-state index is 0.339. The predicted octanol–water partition coefficient (Wildman–Crippen LogP) is 4.50. The van der Waals surface area contributed by atoms with Crippen molar-refractivity contribution in [3.8, 4) is 34.0 Å². The number of carbonyl (C=O) groups is 1. The number of aromatic nitrogens is 4. The number of ether oxygens (including phenoxy) is 2. The molecule has 0 aliphatic carbocycles. The lowest BCUT2D eigenvalue weighted by molar-refractivity contribution is 0.0940. The van der Waals surface area contributed by atoms with Gasteiger partial charge in [-0.15, -0.1) is 0 Å². The lowest BCUT2D eigenvalue weighted by Crippen LogP contribution is -2.27. The summed E-state index contributed by atoms with van der Waals surface area (Å²) in [5.74, 6) is 0.133. The van der Waals surface area contributed by atoms with E-state index in [1.54, 1.807) is 48.6 Å². The highest BCUT2D eigenvalue weighted by atomic mass is 19.1. The molecule has 0 fully saturated rings. The summed E-state index contributed by atoms with van der Waals surface area (Å²) in [4.78, 5) is 22.3. The van der Waals surface area contributed by atoms with Crippen molar-refractivity contribution in [2.75, 3.05) is 14.2 Å². The molecule has 3 aromatic heterocycles. The number of amides is 1. The molecule has 1 N–H and O–H groups in total. The highest BCUT2D eigenvalue weighted by molar-refractivity contribution is 6.01. The third-order valence-corrected chi connectivity index (χ3v) is 5.59. The van der Waals surface area contributed by atoms with Gasteiger partial charge in [0.15, 0.2) is 5.75 Å². The molecule has 0 aliphatic heterocycles. The number of aryl methyl sites for hydroxylation is 2. The second-order valence-electron chi connectivity index (χ2n) is 8.22. The molecule has 35 heavy (non-hydrogen) atoms. The topological polar surface area (TPSA) is 91.2 Å². The maximum Gasteiger partial charge on any atom is 0.256 e. The SMILES string of the molecule is COc1cc(C(C)NC(=O)c2cc(-c3cc(C)cc(F)c3)cnc2-c2cnn(C)c2)cnc1OC. The van der Waals surface area contributed by atoms with Crippen LogP contribution in [0.15, 0.2) is 55.1 Å². The molecule has 0 saturated heterocycles. The molecule has 4 rings (SSSR count). The first-order chi connectivity index (χ1) is 16.8. The molecule has 0 radical (unpaired) electrons. The summed E-state index contributed by atoms with van der Waals surface area (Å²) in [5.41, 5.74) is 4.30. The summed E-state index contributed by atoms with van der Waals surface area (Å²) in [6, 6.07) is 7.82. The number of nitrogens with zero attached hydrogens (tertiary/aromatic N) is 4. The van der Waals surface area contributed by atoms with Crippen LogP contribution < -0.4 is 14.8 Å². The van der Waals surface area contributed by atoms with Gasteiger partial charge in [0.25, 0.3) is 11.8 Å². The van der Waals surface area contributed by atoms with Crippen LogP contribution in [0.1, 0.15) is 34.5 Å². The molecule has 9 heteroatoms. The van der Waals surface area contributed by atoms with Crippen LogP contribution in [0.25, 0.3) is 22.4 Å². The average molecular weight is 476 g/mol. The van der Waals surface area contributed by atoms with Crippen molar-refractivity contribution in [2.24, 2.45) is 7.05 Å². The van der Waals surface area contributed by atoms with Gasteiger partial charge in [-0.05, 0) is 54.8 Å². The molecule has 0 spiro atoms. The first-order valence-electron chi connectivity index (χ1n) is 10.9. The summed E-state index contributed by atoms with van der Waals surface area (Å²) < 4.78 is 26.2. The van der Waals surface area contributed by atoms with Crippen molar-refractivity contribution >= 4 is 5.91 Å². The third-order valence-electron chi connectivity index (χ3n) is 5.59. The molecule has 180 valence electrons. The number of pyridine rings is 2. The Bertz CT molecular complexity index is 1370. The first kappa shape index (κ1) is 23.9. The zero-order chi connectivity index (χ0) is 25.1. The Labute approximate surface area is 202 Å². The van der Waals surface area contributed by atoms with Gasteiger partial charge in [-0.3, -0.25) is 14.5 Å². The minimum Gasteiger partial charge on any atom is -0.491 e. The van der Waals surface area contributed by atoms with E-state index in [9.17, 15) is 9.18 Å². The zero-order valence-electron chi connectivity index (χ0n) is 20.2. The van der Waals surface area contributed by atoms with Crippen LogP contribution in [0.3, 0.4) is 0 Å². The molecular weight excluding hydrogens is 449 g/mol. The maximum absolute atomic E-state index is 14.1. The number of hydrogen-bond acceptors (Lipinski definition) is 6. The van der Waals surface area contributed by atoms with Crippen LogP contribution in [0.5, 0.6) is 11.6 Å². The average Bonchev–Trinajstić information content (AvgIpc) is 3.28. The number of methoxy groups -OCH3 is 2. The highest BCUT2D eigenvalue weighted by Crippen LogP contribution is 2.30.